The van der Waals surface area contributed by atoms with Gasteiger partial charge in [-0.3, -0.25) is 4.98 Å². The predicted molar refractivity (Wildman–Crippen MR) is 105 cm³/mol. The fraction of sp³-hybridized carbons (Fsp3) is 0. The van der Waals surface area contributed by atoms with Crippen molar-refractivity contribution in [1.82, 2.24) is 15.0 Å². The zero-order valence-corrected chi connectivity index (χ0v) is 14.7. The average Bonchev–Trinajstić information content (AvgIpc) is 2.67. The molecule has 0 N–H and O–H groups in total. The van der Waals surface area contributed by atoms with E-state index in [1.165, 1.54) is 0 Å². The fourth-order valence-corrected chi connectivity index (χ4v) is 3.47. The first-order chi connectivity index (χ1) is 12.3. The van der Waals surface area contributed by atoms with Crippen molar-refractivity contribution in [2.24, 2.45) is 0 Å². The van der Waals surface area contributed by atoms with Crippen LogP contribution in [-0.4, -0.2) is 15.0 Å². The third-order valence-electron chi connectivity index (χ3n) is 4.38. The van der Waals surface area contributed by atoms with Crippen molar-refractivity contribution in [1.29, 1.82) is 0 Å². The third kappa shape index (κ3) is 2.46. The zero-order chi connectivity index (χ0) is 16.8. The highest BCUT2D eigenvalue weighted by atomic mass is 79.9. The van der Waals surface area contributed by atoms with Crippen molar-refractivity contribution in [2.75, 3.05) is 0 Å². The van der Waals surface area contributed by atoms with Crippen LogP contribution in [0.4, 0.5) is 0 Å². The van der Waals surface area contributed by atoms with E-state index in [0.29, 0.717) is 0 Å². The van der Waals surface area contributed by atoms with Crippen LogP contribution in [0.5, 0.6) is 0 Å². The molecular formula is C21H12BrN3. The Labute approximate surface area is 152 Å². The van der Waals surface area contributed by atoms with Crippen LogP contribution >= 0.6 is 15.9 Å². The van der Waals surface area contributed by atoms with Crippen LogP contribution in [0, 0.1) is 0 Å². The summed E-state index contributed by atoms with van der Waals surface area (Å²) in [6, 6.07) is 22.6. The van der Waals surface area contributed by atoms with E-state index < -0.39 is 0 Å². The number of halogens is 1. The van der Waals surface area contributed by atoms with Gasteiger partial charge in [0.2, 0.25) is 0 Å². The van der Waals surface area contributed by atoms with E-state index in [9.17, 15) is 0 Å². The minimum absolute atomic E-state index is 0.842. The number of aromatic nitrogens is 3. The molecule has 0 atom stereocenters. The summed E-state index contributed by atoms with van der Waals surface area (Å²) < 4.78 is 0.842. The molecule has 0 saturated heterocycles. The molecule has 0 aliphatic heterocycles. The average molecular weight is 386 g/mol. The van der Waals surface area contributed by atoms with Gasteiger partial charge in [0.15, 0.2) is 0 Å². The van der Waals surface area contributed by atoms with Crippen LogP contribution in [0.3, 0.4) is 0 Å². The molecule has 0 saturated carbocycles. The smallest absolute Gasteiger partial charge is 0.106 e. The quantitative estimate of drug-likeness (QED) is 0.272. The topological polar surface area (TPSA) is 38.7 Å². The summed E-state index contributed by atoms with van der Waals surface area (Å²) in [5.41, 5.74) is 4.85. The number of pyridine rings is 3. The van der Waals surface area contributed by atoms with Gasteiger partial charge in [-0.15, -0.1) is 0 Å². The van der Waals surface area contributed by atoms with Gasteiger partial charge in [0, 0.05) is 27.9 Å². The summed E-state index contributed by atoms with van der Waals surface area (Å²) in [5.74, 6) is 0. The Morgan fingerprint density at radius 3 is 2.40 bits per heavy atom. The predicted octanol–water partition coefficient (Wildman–Crippen LogP) is 5.76. The number of rotatable bonds is 1. The minimum Gasteiger partial charge on any atom is -0.254 e. The third-order valence-corrected chi connectivity index (χ3v) is 4.82. The van der Waals surface area contributed by atoms with Crippen LogP contribution in [-0.2, 0) is 0 Å². The molecule has 0 aliphatic carbocycles. The second kappa shape index (κ2) is 5.60. The molecule has 0 radical (unpaired) electrons. The highest BCUT2D eigenvalue weighted by Gasteiger charge is 2.07. The number of nitrogens with zero attached hydrogens (tertiary/aromatic N) is 3. The molecule has 25 heavy (non-hydrogen) atoms. The van der Waals surface area contributed by atoms with Gasteiger partial charge in [0.25, 0.3) is 0 Å². The van der Waals surface area contributed by atoms with Crippen LogP contribution in [0.2, 0.25) is 0 Å². The molecule has 3 aromatic heterocycles. The van der Waals surface area contributed by atoms with E-state index in [2.05, 4.69) is 74.4 Å². The maximum absolute atomic E-state index is 4.91. The zero-order valence-electron chi connectivity index (χ0n) is 13.1. The molecule has 3 nitrogen and oxygen atoms in total. The molecule has 5 aromatic rings. The van der Waals surface area contributed by atoms with E-state index in [4.69, 9.17) is 4.98 Å². The van der Waals surface area contributed by atoms with Crippen LogP contribution in [0.1, 0.15) is 0 Å². The second-order valence-corrected chi connectivity index (χ2v) is 6.76. The first-order valence-corrected chi connectivity index (χ1v) is 8.78. The Hall–Kier alpha value is -2.85. The van der Waals surface area contributed by atoms with Gasteiger partial charge < -0.3 is 0 Å². The maximum atomic E-state index is 4.91. The monoisotopic (exact) mass is 385 g/mol. The highest BCUT2D eigenvalue weighted by molar-refractivity contribution is 9.10. The Morgan fingerprint density at radius 1 is 0.680 bits per heavy atom. The molecule has 0 spiro atoms. The first kappa shape index (κ1) is 14.5. The number of hydrogen-bond donors (Lipinski definition) is 0. The summed E-state index contributed by atoms with van der Waals surface area (Å²) in [7, 11) is 0. The largest absolute Gasteiger partial charge is 0.254 e. The molecule has 2 aromatic carbocycles. The van der Waals surface area contributed by atoms with Crippen molar-refractivity contribution in [3.05, 3.63) is 77.5 Å². The summed E-state index contributed by atoms with van der Waals surface area (Å²) in [4.78, 5) is 13.9. The van der Waals surface area contributed by atoms with Gasteiger partial charge in [-0.25, -0.2) is 9.97 Å². The SMILES string of the molecule is Brc1ccc2cc(-c3ccc4ccc5cccnc5c4n3)ccc2n1. The van der Waals surface area contributed by atoms with E-state index >= 15 is 0 Å². The number of hydrogen-bond acceptors (Lipinski definition) is 3. The second-order valence-electron chi connectivity index (χ2n) is 5.95. The Balaban J connectivity index is 1.74. The van der Waals surface area contributed by atoms with Crippen LogP contribution in [0.15, 0.2) is 77.5 Å². The maximum Gasteiger partial charge on any atom is 0.106 e. The van der Waals surface area contributed by atoms with Gasteiger partial charge in [-0.2, -0.15) is 0 Å². The fourth-order valence-electron chi connectivity index (χ4n) is 3.14. The van der Waals surface area contributed by atoms with Crippen LogP contribution in [0.25, 0.3) is 44.0 Å². The molecule has 0 fully saturated rings. The summed E-state index contributed by atoms with van der Waals surface area (Å²) in [5, 5.41) is 3.30. The lowest BCUT2D eigenvalue weighted by Crippen LogP contribution is -1.89. The lowest BCUT2D eigenvalue weighted by atomic mass is 10.1. The Morgan fingerprint density at radius 2 is 1.48 bits per heavy atom. The van der Waals surface area contributed by atoms with Gasteiger partial charge >= 0.3 is 0 Å². The van der Waals surface area contributed by atoms with Gasteiger partial charge in [-0.05, 0) is 46.3 Å². The molecular weight excluding hydrogens is 374 g/mol. The first-order valence-electron chi connectivity index (χ1n) is 7.99. The van der Waals surface area contributed by atoms with Crippen molar-refractivity contribution < 1.29 is 0 Å². The molecule has 118 valence electrons. The molecule has 0 amide bonds. The standard InChI is InChI=1S/C21H12BrN3/c22-19-10-7-16-12-15(6-9-17(16)24-19)18-8-5-14-4-3-13-2-1-11-23-20(13)21(14)25-18/h1-12H. The summed E-state index contributed by atoms with van der Waals surface area (Å²) in [6.07, 6.45) is 1.82. The van der Waals surface area contributed by atoms with Crippen molar-refractivity contribution in [3.8, 4) is 11.3 Å². The lowest BCUT2D eigenvalue weighted by Gasteiger charge is -2.07. The Kier molecular flexibility index (Phi) is 3.25. The molecule has 4 heteroatoms. The summed E-state index contributed by atoms with van der Waals surface area (Å²) >= 11 is 3.42. The number of fused-ring (bicyclic) bond motifs is 4. The molecule has 0 aliphatic rings. The molecule has 5 rings (SSSR count). The number of benzene rings is 2. The lowest BCUT2D eigenvalue weighted by molar-refractivity contribution is 1.34. The summed E-state index contributed by atoms with van der Waals surface area (Å²) in [6.45, 7) is 0. The normalized spacial score (nSPS) is 11.4. The van der Waals surface area contributed by atoms with Gasteiger partial charge in [0.1, 0.15) is 4.60 Å². The highest BCUT2D eigenvalue weighted by Crippen LogP contribution is 2.28. The molecule has 0 unspecified atom stereocenters. The van der Waals surface area contributed by atoms with E-state index in [0.717, 1.165) is 48.6 Å². The minimum atomic E-state index is 0.842. The van der Waals surface area contributed by atoms with E-state index in [1.807, 2.05) is 24.4 Å². The van der Waals surface area contributed by atoms with Crippen molar-refractivity contribution in [2.45, 2.75) is 0 Å². The van der Waals surface area contributed by atoms with Crippen molar-refractivity contribution in [3.63, 3.8) is 0 Å². The van der Waals surface area contributed by atoms with E-state index in [-0.39, 0.29) is 0 Å². The van der Waals surface area contributed by atoms with Crippen LogP contribution < -0.4 is 0 Å². The van der Waals surface area contributed by atoms with Gasteiger partial charge in [0.05, 0.1) is 22.2 Å². The van der Waals surface area contributed by atoms with E-state index in [1.54, 1.807) is 0 Å². The molecule has 0 bridgehead atoms. The molecule has 3 heterocycles. The van der Waals surface area contributed by atoms with Gasteiger partial charge in [-0.1, -0.05) is 36.4 Å². The Bertz CT molecular complexity index is 1260. The van der Waals surface area contributed by atoms with Crippen molar-refractivity contribution >= 4 is 48.6 Å².